The van der Waals surface area contributed by atoms with Crippen molar-refractivity contribution in [2.75, 3.05) is 14.2 Å². The fourth-order valence-corrected chi connectivity index (χ4v) is 3.26. The van der Waals surface area contributed by atoms with Crippen LogP contribution in [0.3, 0.4) is 0 Å². The van der Waals surface area contributed by atoms with Crippen molar-refractivity contribution in [3.63, 3.8) is 0 Å². The Labute approximate surface area is 153 Å². The number of alkyl carbamates (subject to hydrolysis) is 1. The van der Waals surface area contributed by atoms with Crippen LogP contribution in [0, 0.1) is 0 Å². The molecule has 26 heavy (non-hydrogen) atoms. The van der Waals surface area contributed by atoms with Crippen LogP contribution in [0.4, 0.5) is 4.79 Å². The average Bonchev–Trinajstić information content (AvgIpc) is 2.70. The summed E-state index contributed by atoms with van der Waals surface area (Å²) in [5.74, 6) is 0.762. The molecule has 4 heteroatoms. The molecule has 134 valence electrons. The normalized spacial score (nSPS) is 11.8. The summed E-state index contributed by atoms with van der Waals surface area (Å²) in [6.45, 7) is 0. The Morgan fingerprint density at radius 1 is 0.962 bits per heavy atom. The monoisotopic (exact) mass is 349 g/mol. The number of fused-ring (bicyclic) bond motifs is 1. The van der Waals surface area contributed by atoms with E-state index in [1.807, 2.05) is 42.5 Å². The maximum atomic E-state index is 12.0. The zero-order valence-electron chi connectivity index (χ0n) is 15.1. The van der Waals surface area contributed by atoms with Crippen LogP contribution in [0.5, 0.6) is 5.75 Å². The number of ether oxygens (including phenoxy) is 2. The highest BCUT2D eigenvalue weighted by Crippen LogP contribution is 2.35. The standard InChI is InChI=1S/C22H23NO3/c1-25-20-15-13-17-10-6-7-11-18(17)21(20)19(23-22(24)26-2)14-12-16-8-4-3-5-9-16/h3-11,13,15,19H,12,14H2,1-2H3,(H,23,24). The van der Waals surface area contributed by atoms with Gasteiger partial charge in [-0.3, -0.25) is 0 Å². The number of amides is 1. The van der Waals surface area contributed by atoms with Gasteiger partial charge in [0.15, 0.2) is 0 Å². The van der Waals surface area contributed by atoms with Gasteiger partial charge in [-0.1, -0.05) is 60.7 Å². The van der Waals surface area contributed by atoms with Crippen LogP contribution in [0.25, 0.3) is 10.8 Å². The van der Waals surface area contributed by atoms with E-state index in [4.69, 9.17) is 9.47 Å². The molecular formula is C22H23NO3. The second-order valence-corrected chi connectivity index (χ2v) is 6.12. The lowest BCUT2D eigenvalue weighted by Gasteiger charge is -2.23. The van der Waals surface area contributed by atoms with Gasteiger partial charge in [0.2, 0.25) is 0 Å². The van der Waals surface area contributed by atoms with E-state index >= 15 is 0 Å². The van der Waals surface area contributed by atoms with Crippen molar-refractivity contribution >= 4 is 16.9 Å². The molecule has 0 aromatic heterocycles. The van der Waals surface area contributed by atoms with Gasteiger partial charge in [-0.15, -0.1) is 0 Å². The molecule has 1 N–H and O–H groups in total. The molecule has 0 heterocycles. The molecule has 0 aliphatic heterocycles. The smallest absolute Gasteiger partial charge is 0.407 e. The number of benzene rings is 3. The van der Waals surface area contributed by atoms with Crippen molar-refractivity contribution in [2.45, 2.75) is 18.9 Å². The predicted molar refractivity (Wildman–Crippen MR) is 104 cm³/mol. The van der Waals surface area contributed by atoms with Gasteiger partial charge in [0.25, 0.3) is 0 Å². The summed E-state index contributed by atoms with van der Waals surface area (Å²) >= 11 is 0. The van der Waals surface area contributed by atoms with Crippen molar-refractivity contribution in [2.24, 2.45) is 0 Å². The molecule has 1 unspecified atom stereocenters. The highest BCUT2D eigenvalue weighted by atomic mass is 16.5. The number of carbonyl (C=O) groups is 1. The highest BCUT2D eigenvalue weighted by Gasteiger charge is 2.21. The molecule has 0 radical (unpaired) electrons. The first-order chi connectivity index (χ1) is 12.7. The molecule has 0 saturated carbocycles. The lowest BCUT2D eigenvalue weighted by molar-refractivity contribution is 0.166. The highest BCUT2D eigenvalue weighted by molar-refractivity contribution is 5.88. The lowest BCUT2D eigenvalue weighted by atomic mass is 9.93. The SMILES string of the molecule is COC(=O)NC(CCc1ccccc1)c1c(OC)ccc2ccccc12. The number of methoxy groups -OCH3 is 2. The van der Waals surface area contributed by atoms with Crippen LogP contribution in [0.15, 0.2) is 66.7 Å². The average molecular weight is 349 g/mol. The Hall–Kier alpha value is -3.01. The maximum absolute atomic E-state index is 12.0. The minimum atomic E-state index is -0.446. The van der Waals surface area contributed by atoms with Crippen LogP contribution >= 0.6 is 0 Å². The number of rotatable bonds is 6. The maximum Gasteiger partial charge on any atom is 0.407 e. The third kappa shape index (κ3) is 3.97. The Bertz CT molecular complexity index is 877. The van der Waals surface area contributed by atoms with Crippen LogP contribution in [-0.4, -0.2) is 20.3 Å². The van der Waals surface area contributed by atoms with Gasteiger partial charge >= 0.3 is 6.09 Å². The quantitative estimate of drug-likeness (QED) is 0.690. The van der Waals surface area contributed by atoms with E-state index in [1.165, 1.54) is 12.7 Å². The minimum absolute atomic E-state index is 0.219. The zero-order chi connectivity index (χ0) is 18.4. The number of hydrogen-bond donors (Lipinski definition) is 1. The fraction of sp³-hybridized carbons (Fsp3) is 0.227. The van der Waals surface area contributed by atoms with Gasteiger partial charge in [0, 0.05) is 5.56 Å². The molecule has 0 fully saturated rings. The molecule has 3 aromatic rings. The van der Waals surface area contributed by atoms with E-state index in [-0.39, 0.29) is 6.04 Å². The Morgan fingerprint density at radius 3 is 2.42 bits per heavy atom. The molecule has 0 spiro atoms. The van der Waals surface area contributed by atoms with E-state index in [0.29, 0.717) is 0 Å². The molecule has 0 aliphatic rings. The largest absolute Gasteiger partial charge is 0.496 e. The Balaban J connectivity index is 2.00. The first-order valence-electron chi connectivity index (χ1n) is 8.67. The van der Waals surface area contributed by atoms with Crippen molar-refractivity contribution in [3.8, 4) is 5.75 Å². The minimum Gasteiger partial charge on any atom is -0.496 e. The van der Waals surface area contributed by atoms with Crippen LogP contribution in [0.1, 0.15) is 23.6 Å². The van der Waals surface area contributed by atoms with Crippen molar-refractivity contribution < 1.29 is 14.3 Å². The summed E-state index contributed by atoms with van der Waals surface area (Å²) in [7, 11) is 3.03. The molecule has 3 aromatic carbocycles. The fourth-order valence-electron chi connectivity index (χ4n) is 3.26. The van der Waals surface area contributed by atoms with Gasteiger partial charge < -0.3 is 14.8 Å². The zero-order valence-corrected chi connectivity index (χ0v) is 15.1. The predicted octanol–water partition coefficient (Wildman–Crippen LogP) is 4.88. The molecule has 0 bridgehead atoms. The summed E-state index contributed by atoms with van der Waals surface area (Å²) in [5.41, 5.74) is 2.20. The van der Waals surface area contributed by atoms with E-state index in [0.717, 1.165) is 34.9 Å². The van der Waals surface area contributed by atoms with Gasteiger partial charge in [0.05, 0.1) is 20.3 Å². The number of hydrogen-bond acceptors (Lipinski definition) is 3. The van der Waals surface area contributed by atoms with Crippen LogP contribution in [-0.2, 0) is 11.2 Å². The van der Waals surface area contributed by atoms with E-state index in [2.05, 4.69) is 29.6 Å². The third-order valence-electron chi connectivity index (χ3n) is 4.54. The Morgan fingerprint density at radius 2 is 1.69 bits per heavy atom. The summed E-state index contributed by atoms with van der Waals surface area (Å²) < 4.78 is 10.5. The lowest BCUT2D eigenvalue weighted by Crippen LogP contribution is -2.29. The molecular weight excluding hydrogens is 326 g/mol. The van der Waals surface area contributed by atoms with Crippen LogP contribution in [0.2, 0.25) is 0 Å². The topological polar surface area (TPSA) is 47.6 Å². The summed E-state index contributed by atoms with van der Waals surface area (Å²) in [5, 5.41) is 5.16. The molecule has 3 rings (SSSR count). The van der Waals surface area contributed by atoms with Crippen molar-refractivity contribution in [1.29, 1.82) is 0 Å². The summed E-state index contributed by atoms with van der Waals surface area (Å²) in [4.78, 5) is 12.0. The number of carbonyl (C=O) groups excluding carboxylic acids is 1. The first-order valence-corrected chi connectivity index (χ1v) is 8.67. The van der Waals surface area contributed by atoms with Gasteiger partial charge in [0.1, 0.15) is 5.75 Å². The van der Waals surface area contributed by atoms with E-state index in [1.54, 1.807) is 7.11 Å². The van der Waals surface area contributed by atoms with Gasteiger partial charge in [-0.25, -0.2) is 4.79 Å². The summed E-state index contributed by atoms with van der Waals surface area (Å²) in [6.07, 6.45) is 1.13. The Kier molecular flexibility index (Phi) is 5.74. The first kappa shape index (κ1) is 17.8. The van der Waals surface area contributed by atoms with Crippen molar-refractivity contribution in [1.82, 2.24) is 5.32 Å². The van der Waals surface area contributed by atoms with E-state index < -0.39 is 6.09 Å². The molecule has 1 atom stereocenters. The second kappa shape index (κ2) is 8.39. The molecule has 1 amide bonds. The number of nitrogens with one attached hydrogen (secondary N) is 1. The van der Waals surface area contributed by atoms with Gasteiger partial charge in [-0.05, 0) is 35.2 Å². The third-order valence-corrected chi connectivity index (χ3v) is 4.54. The second-order valence-electron chi connectivity index (χ2n) is 6.12. The molecule has 4 nitrogen and oxygen atoms in total. The van der Waals surface area contributed by atoms with Crippen molar-refractivity contribution in [3.05, 3.63) is 77.9 Å². The number of aryl methyl sites for hydroxylation is 1. The van der Waals surface area contributed by atoms with E-state index in [9.17, 15) is 4.79 Å². The molecule has 0 saturated heterocycles. The van der Waals surface area contributed by atoms with Gasteiger partial charge in [-0.2, -0.15) is 0 Å². The molecule has 0 aliphatic carbocycles. The van der Waals surface area contributed by atoms with Crippen LogP contribution < -0.4 is 10.1 Å². The summed E-state index contributed by atoms with van der Waals surface area (Å²) in [6, 6.07) is 22.1.